The summed E-state index contributed by atoms with van der Waals surface area (Å²) in [5, 5.41) is 0. The molecule has 1 atom stereocenters. The average molecular weight is 389 g/mol. The Morgan fingerprint density at radius 3 is 1.60 bits per heavy atom. The van der Waals surface area contributed by atoms with E-state index in [0.29, 0.717) is 5.92 Å². The van der Waals surface area contributed by atoms with Crippen LogP contribution in [0.2, 0.25) is 0 Å². The molecule has 5 rings (SSSR count). The summed E-state index contributed by atoms with van der Waals surface area (Å²) in [6.07, 6.45) is 1.16. The van der Waals surface area contributed by atoms with Gasteiger partial charge in [0.1, 0.15) is 0 Å². The minimum absolute atomic E-state index is 0.283. The Bertz CT molecular complexity index is 1130. The molecule has 0 saturated heterocycles. The molecule has 30 heavy (non-hydrogen) atoms. The maximum Gasteiger partial charge on any atom is 0.0713 e. The van der Waals surface area contributed by atoms with Crippen LogP contribution in [0.4, 0.5) is 0 Å². The van der Waals surface area contributed by atoms with E-state index in [1.54, 1.807) is 0 Å². The van der Waals surface area contributed by atoms with Gasteiger partial charge in [-0.05, 0) is 58.2 Å². The van der Waals surface area contributed by atoms with Gasteiger partial charge in [-0.25, -0.2) is 0 Å². The van der Waals surface area contributed by atoms with Gasteiger partial charge in [-0.1, -0.05) is 116 Å². The maximum atomic E-state index is 2.36. The van der Waals surface area contributed by atoms with Gasteiger partial charge in [-0.2, -0.15) is 0 Å². The summed E-state index contributed by atoms with van der Waals surface area (Å²) in [5.74, 6) is 0.581. The fourth-order valence-corrected chi connectivity index (χ4v) is 5.12. The van der Waals surface area contributed by atoms with Gasteiger partial charge in [-0.15, -0.1) is 0 Å². The molecular formula is C30H28. The predicted molar refractivity (Wildman–Crippen MR) is 127 cm³/mol. The molecule has 0 fully saturated rings. The smallest absolute Gasteiger partial charge is 0.0648 e. The third-order valence-corrected chi connectivity index (χ3v) is 6.96. The van der Waals surface area contributed by atoms with E-state index in [-0.39, 0.29) is 5.41 Å². The molecule has 148 valence electrons. The second-order valence-corrected chi connectivity index (χ2v) is 8.64. The van der Waals surface area contributed by atoms with Crippen LogP contribution in [0.3, 0.4) is 0 Å². The highest BCUT2D eigenvalue weighted by molar-refractivity contribution is 5.86. The minimum atomic E-state index is -0.283. The molecule has 4 aromatic carbocycles. The zero-order valence-electron chi connectivity index (χ0n) is 18.0. The molecule has 0 amide bonds. The van der Waals surface area contributed by atoms with Gasteiger partial charge in [0.25, 0.3) is 0 Å². The second kappa shape index (κ2) is 7.29. The van der Waals surface area contributed by atoms with Crippen molar-refractivity contribution in [3.05, 3.63) is 130 Å². The van der Waals surface area contributed by atoms with Gasteiger partial charge in [0.05, 0.1) is 5.41 Å². The summed E-state index contributed by atoms with van der Waals surface area (Å²) >= 11 is 0. The van der Waals surface area contributed by atoms with E-state index in [0.717, 1.165) is 6.42 Å². The molecule has 0 spiro atoms. The summed E-state index contributed by atoms with van der Waals surface area (Å²) in [6, 6.07) is 36.4. The van der Waals surface area contributed by atoms with E-state index >= 15 is 0 Å². The van der Waals surface area contributed by atoms with Crippen molar-refractivity contribution in [3.63, 3.8) is 0 Å². The molecule has 0 bridgehead atoms. The lowest BCUT2D eigenvalue weighted by molar-refractivity contribution is 0.727. The summed E-state index contributed by atoms with van der Waals surface area (Å²) in [5.41, 5.74) is 10.6. The van der Waals surface area contributed by atoms with Crippen molar-refractivity contribution < 1.29 is 0 Å². The van der Waals surface area contributed by atoms with Crippen LogP contribution in [0.5, 0.6) is 0 Å². The molecular weight excluding hydrogens is 360 g/mol. The van der Waals surface area contributed by atoms with Gasteiger partial charge in [0.2, 0.25) is 0 Å². The molecule has 0 heteroatoms. The summed E-state index contributed by atoms with van der Waals surface area (Å²) in [7, 11) is 0. The van der Waals surface area contributed by atoms with Crippen molar-refractivity contribution in [3.8, 4) is 11.1 Å². The van der Waals surface area contributed by atoms with Crippen molar-refractivity contribution in [2.45, 2.75) is 38.5 Å². The lowest BCUT2D eigenvalue weighted by Crippen LogP contribution is -2.28. The molecule has 0 N–H and O–H groups in total. The zero-order chi connectivity index (χ0) is 20.7. The second-order valence-electron chi connectivity index (χ2n) is 8.64. The number of benzene rings is 4. The molecule has 1 unspecified atom stereocenters. The first-order valence-electron chi connectivity index (χ1n) is 11.0. The largest absolute Gasteiger partial charge is 0.0713 e. The van der Waals surface area contributed by atoms with Gasteiger partial charge in [0, 0.05) is 0 Å². The third-order valence-electron chi connectivity index (χ3n) is 6.96. The summed E-state index contributed by atoms with van der Waals surface area (Å²) in [6.45, 7) is 6.73. The highest BCUT2D eigenvalue weighted by Gasteiger charge is 2.45. The molecule has 0 nitrogen and oxygen atoms in total. The summed E-state index contributed by atoms with van der Waals surface area (Å²) in [4.78, 5) is 0. The average Bonchev–Trinajstić information content (AvgIpc) is 3.11. The van der Waals surface area contributed by atoms with E-state index in [1.165, 1.54) is 44.5 Å². The summed E-state index contributed by atoms with van der Waals surface area (Å²) < 4.78 is 0. The molecule has 0 radical (unpaired) electrons. The Labute approximate surface area is 180 Å². The van der Waals surface area contributed by atoms with Crippen LogP contribution < -0.4 is 0 Å². The fourth-order valence-electron chi connectivity index (χ4n) is 5.12. The molecule has 4 aromatic rings. The van der Waals surface area contributed by atoms with Gasteiger partial charge >= 0.3 is 0 Å². The third kappa shape index (κ3) is 2.67. The van der Waals surface area contributed by atoms with Crippen molar-refractivity contribution in [2.24, 2.45) is 0 Å². The Morgan fingerprint density at radius 2 is 1.10 bits per heavy atom. The van der Waals surface area contributed by atoms with E-state index in [1.807, 2.05) is 0 Å². The monoisotopic (exact) mass is 388 g/mol. The highest BCUT2D eigenvalue weighted by Crippen LogP contribution is 2.55. The van der Waals surface area contributed by atoms with Crippen LogP contribution in [0.15, 0.2) is 97.1 Å². The molecule has 0 aromatic heterocycles. The molecule has 1 aliphatic carbocycles. The first kappa shape index (κ1) is 18.9. The number of hydrogen-bond acceptors (Lipinski definition) is 0. The lowest BCUT2D eigenvalue weighted by Gasteiger charge is -2.34. The van der Waals surface area contributed by atoms with E-state index < -0.39 is 0 Å². The normalized spacial score (nSPS) is 14.8. The highest BCUT2D eigenvalue weighted by atomic mass is 14.5. The first-order chi connectivity index (χ1) is 14.7. The molecule has 0 aliphatic heterocycles. The van der Waals surface area contributed by atoms with Crippen LogP contribution in [-0.2, 0) is 5.41 Å². The fraction of sp³-hybridized carbons (Fsp3) is 0.200. The Kier molecular flexibility index (Phi) is 4.59. The Hall–Kier alpha value is -3.12. The van der Waals surface area contributed by atoms with Crippen molar-refractivity contribution >= 4 is 0 Å². The van der Waals surface area contributed by atoms with Crippen LogP contribution in [0, 0.1) is 6.92 Å². The van der Waals surface area contributed by atoms with Gasteiger partial charge < -0.3 is 0 Å². The molecule has 1 aliphatic rings. The zero-order valence-corrected chi connectivity index (χ0v) is 18.0. The topological polar surface area (TPSA) is 0 Å². The predicted octanol–water partition coefficient (Wildman–Crippen LogP) is 7.87. The van der Waals surface area contributed by atoms with Crippen molar-refractivity contribution in [1.29, 1.82) is 0 Å². The standard InChI is InChI=1S/C30H28/c1-4-22(3)23-15-19-25(20-16-23)30(24-17-13-21(2)14-18-24)28-11-7-5-9-26(28)27-10-6-8-12-29(27)30/h5-20,22H,4H2,1-3H3. The van der Waals surface area contributed by atoms with Crippen molar-refractivity contribution in [2.75, 3.05) is 0 Å². The quantitative estimate of drug-likeness (QED) is 0.294. The lowest BCUT2D eigenvalue weighted by atomic mass is 9.67. The van der Waals surface area contributed by atoms with Crippen LogP contribution in [-0.4, -0.2) is 0 Å². The number of fused-ring (bicyclic) bond motifs is 3. The molecule has 0 saturated carbocycles. The van der Waals surface area contributed by atoms with E-state index in [9.17, 15) is 0 Å². The van der Waals surface area contributed by atoms with Gasteiger partial charge in [-0.3, -0.25) is 0 Å². The van der Waals surface area contributed by atoms with Crippen LogP contribution in [0.25, 0.3) is 11.1 Å². The number of rotatable bonds is 4. The van der Waals surface area contributed by atoms with Gasteiger partial charge in [0.15, 0.2) is 0 Å². The first-order valence-corrected chi connectivity index (χ1v) is 11.0. The Balaban J connectivity index is 1.85. The van der Waals surface area contributed by atoms with Crippen LogP contribution in [0.1, 0.15) is 59.6 Å². The maximum absolute atomic E-state index is 2.36. The van der Waals surface area contributed by atoms with Crippen molar-refractivity contribution in [1.82, 2.24) is 0 Å². The number of aryl methyl sites for hydroxylation is 1. The number of hydrogen-bond donors (Lipinski definition) is 0. The van der Waals surface area contributed by atoms with Crippen LogP contribution >= 0.6 is 0 Å². The molecule has 0 heterocycles. The Morgan fingerprint density at radius 1 is 0.633 bits per heavy atom. The van der Waals surface area contributed by atoms with E-state index in [2.05, 4.69) is 118 Å². The minimum Gasteiger partial charge on any atom is -0.0648 e. The SMILES string of the molecule is CCC(C)c1ccc(C2(c3ccc(C)cc3)c3ccccc3-c3ccccc32)cc1. The van der Waals surface area contributed by atoms with E-state index in [4.69, 9.17) is 0 Å².